The number of nitrogens with one attached hydrogen (secondary N) is 1. The lowest BCUT2D eigenvalue weighted by molar-refractivity contribution is 0.232. The summed E-state index contributed by atoms with van der Waals surface area (Å²) in [5, 5.41) is 13.7. The Kier molecular flexibility index (Phi) is 3.71. The van der Waals surface area contributed by atoms with E-state index < -0.39 is 0 Å². The zero-order chi connectivity index (χ0) is 18.4. The summed E-state index contributed by atoms with van der Waals surface area (Å²) in [6.45, 7) is 3.48. The molecule has 8 heteroatoms. The zero-order valence-corrected chi connectivity index (χ0v) is 15.0. The van der Waals surface area contributed by atoms with Crippen molar-refractivity contribution in [3.63, 3.8) is 0 Å². The molecule has 1 fully saturated rings. The number of fused-ring (bicyclic) bond motifs is 2. The number of H-pyrrole nitrogens is 1. The summed E-state index contributed by atoms with van der Waals surface area (Å²) in [6, 6.07) is 11.3. The summed E-state index contributed by atoms with van der Waals surface area (Å²) in [5.41, 5.74) is 2.30. The van der Waals surface area contributed by atoms with Crippen LogP contribution in [0.3, 0.4) is 0 Å². The molecule has 1 aliphatic rings. The van der Waals surface area contributed by atoms with Gasteiger partial charge in [-0.15, -0.1) is 10.2 Å². The second-order valence-corrected chi connectivity index (χ2v) is 6.96. The van der Waals surface area contributed by atoms with Crippen LogP contribution in [0.4, 0.5) is 0 Å². The molecule has 1 saturated heterocycles. The molecule has 0 radical (unpaired) electrons. The molecule has 4 aromatic rings. The molecule has 136 valence electrons. The van der Waals surface area contributed by atoms with Gasteiger partial charge in [0.1, 0.15) is 5.82 Å². The van der Waals surface area contributed by atoms with Gasteiger partial charge in [-0.25, -0.2) is 4.98 Å². The summed E-state index contributed by atoms with van der Waals surface area (Å²) in [7, 11) is 0. The quantitative estimate of drug-likeness (QED) is 0.600. The Balaban J connectivity index is 1.50. The normalized spacial score (nSPS) is 17.9. The largest absolute Gasteiger partial charge is 0.309 e. The predicted octanol–water partition coefficient (Wildman–Crippen LogP) is 2.01. The van der Waals surface area contributed by atoms with Crippen molar-refractivity contribution in [2.45, 2.75) is 32.4 Å². The van der Waals surface area contributed by atoms with Crippen LogP contribution in [0.15, 0.2) is 41.2 Å². The van der Waals surface area contributed by atoms with Gasteiger partial charge in [0.25, 0.3) is 5.56 Å². The highest BCUT2D eigenvalue weighted by molar-refractivity contribution is 5.77. The van der Waals surface area contributed by atoms with E-state index in [1.165, 1.54) is 0 Å². The van der Waals surface area contributed by atoms with Crippen LogP contribution in [0.25, 0.3) is 16.6 Å². The summed E-state index contributed by atoms with van der Waals surface area (Å²) in [4.78, 5) is 22.4. The highest BCUT2D eigenvalue weighted by atomic mass is 16.1. The molecular weight excluding hydrogens is 342 g/mol. The average molecular weight is 361 g/mol. The van der Waals surface area contributed by atoms with Gasteiger partial charge in [-0.1, -0.05) is 12.1 Å². The fraction of sp³-hybridized carbons (Fsp3) is 0.316. The van der Waals surface area contributed by atoms with Gasteiger partial charge < -0.3 is 4.98 Å². The monoisotopic (exact) mass is 361 g/mol. The van der Waals surface area contributed by atoms with E-state index in [1.54, 1.807) is 10.6 Å². The summed E-state index contributed by atoms with van der Waals surface area (Å²) < 4.78 is 1.79. The van der Waals surface area contributed by atoms with E-state index in [-0.39, 0.29) is 11.6 Å². The Morgan fingerprint density at radius 1 is 1.19 bits per heavy atom. The second-order valence-electron chi connectivity index (χ2n) is 6.96. The van der Waals surface area contributed by atoms with Gasteiger partial charge in [-0.05, 0) is 50.6 Å². The van der Waals surface area contributed by atoms with Crippen LogP contribution in [0.5, 0.6) is 0 Å². The van der Waals surface area contributed by atoms with Gasteiger partial charge in [0, 0.05) is 0 Å². The maximum atomic E-state index is 12.4. The maximum absolute atomic E-state index is 12.4. The van der Waals surface area contributed by atoms with Gasteiger partial charge in [0.2, 0.25) is 0 Å². The molecule has 1 atom stereocenters. The van der Waals surface area contributed by atoms with E-state index in [0.29, 0.717) is 17.8 Å². The van der Waals surface area contributed by atoms with E-state index in [1.807, 2.05) is 37.3 Å². The Morgan fingerprint density at radius 3 is 3.00 bits per heavy atom. The summed E-state index contributed by atoms with van der Waals surface area (Å²) in [6.07, 6.45) is 1.99. The predicted molar refractivity (Wildman–Crippen MR) is 100 cm³/mol. The second kappa shape index (κ2) is 6.24. The lowest BCUT2D eigenvalue weighted by Crippen LogP contribution is -2.27. The number of aromatic amines is 1. The SMILES string of the molecule is Cc1ccc2nnc(CN3CCCC3c3nc4ccccc4c(=O)[nH]3)n2n1. The number of nitrogens with zero attached hydrogens (tertiary/aromatic N) is 6. The molecule has 0 amide bonds. The van der Waals surface area contributed by atoms with E-state index in [0.717, 1.165) is 42.1 Å². The fourth-order valence-corrected chi connectivity index (χ4v) is 3.79. The summed E-state index contributed by atoms with van der Waals surface area (Å²) >= 11 is 0. The van der Waals surface area contributed by atoms with E-state index in [2.05, 4.69) is 25.2 Å². The van der Waals surface area contributed by atoms with Crippen molar-refractivity contribution in [2.24, 2.45) is 0 Å². The first-order valence-corrected chi connectivity index (χ1v) is 9.10. The highest BCUT2D eigenvalue weighted by Gasteiger charge is 2.29. The van der Waals surface area contributed by atoms with Crippen LogP contribution < -0.4 is 5.56 Å². The molecule has 0 saturated carbocycles. The molecule has 4 heterocycles. The third kappa shape index (κ3) is 2.78. The third-order valence-corrected chi connectivity index (χ3v) is 5.12. The van der Waals surface area contributed by atoms with Crippen molar-refractivity contribution < 1.29 is 0 Å². The first kappa shape index (κ1) is 16.1. The third-order valence-electron chi connectivity index (χ3n) is 5.12. The van der Waals surface area contributed by atoms with Crippen LogP contribution in [0.2, 0.25) is 0 Å². The molecule has 1 N–H and O–H groups in total. The van der Waals surface area contributed by atoms with E-state index in [4.69, 9.17) is 4.98 Å². The molecule has 1 unspecified atom stereocenters. The highest BCUT2D eigenvalue weighted by Crippen LogP contribution is 2.31. The first-order chi connectivity index (χ1) is 13.2. The van der Waals surface area contributed by atoms with Crippen LogP contribution in [-0.4, -0.2) is 41.2 Å². The van der Waals surface area contributed by atoms with Crippen LogP contribution >= 0.6 is 0 Å². The molecule has 1 aromatic carbocycles. The topological polar surface area (TPSA) is 92.1 Å². The minimum atomic E-state index is -0.0901. The lowest BCUT2D eigenvalue weighted by Gasteiger charge is -2.22. The number of likely N-dealkylation sites (tertiary alicyclic amines) is 1. The number of aromatic nitrogens is 6. The first-order valence-electron chi connectivity index (χ1n) is 9.10. The zero-order valence-electron chi connectivity index (χ0n) is 15.0. The number of aryl methyl sites for hydroxylation is 1. The van der Waals surface area contributed by atoms with Gasteiger partial charge >= 0.3 is 0 Å². The average Bonchev–Trinajstić information content (AvgIpc) is 3.29. The fourth-order valence-electron chi connectivity index (χ4n) is 3.79. The minimum absolute atomic E-state index is 0.0551. The lowest BCUT2D eigenvalue weighted by atomic mass is 10.2. The van der Waals surface area contributed by atoms with Crippen LogP contribution in [0.1, 0.15) is 36.2 Å². The minimum Gasteiger partial charge on any atom is -0.309 e. The van der Waals surface area contributed by atoms with Crippen molar-refractivity contribution in [3.8, 4) is 0 Å². The van der Waals surface area contributed by atoms with Gasteiger partial charge in [0.15, 0.2) is 11.5 Å². The number of para-hydroxylation sites is 1. The van der Waals surface area contributed by atoms with Gasteiger partial charge in [-0.2, -0.15) is 9.61 Å². The molecular formula is C19H19N7O. The number of hydrogen-bond acceptors (Lipinski definition) is 6. The number of benzene rings is 1. The summed E-state index contributed by atoms with van der Waals surface area (Å²) in [5.74, 6) is 1.51. The number of hydrogen-bond donors (Lipinski definition) is 1. The van der Waals surface area contributed by atoms with Crippen molar-refractivity contribution in [3.05, 3.63) is 64.1 Å². The van der Waals surface area contributed by atoms with E-state index >= 15 is 0 Å². The van der Waals surface area contributed by atoms with Gasteiger partial charge in [0.05, 0.1) is 29.2 Å². The number of rotatable bonds is 3. The van der Waals surface area contributed by atoms with Crippen LogP contribution in [-0.2, 0) is 6.54 Å². The van der Waals surface area contributed by atoms with Gasteiger partial charge in [-0.3, -0.25) is 9.69 Å². The Hall–Kier alpha value is -3.13. The van der Waals surface area contributed by atoms with Crippen molar-refractivity contribution in [1.82, 2.24) is 34.7 Å². The van der Waals surface area contributed by atoms with E-state index in [9.17, 15) is 4.79 Å². The molecule has 0 aliphatic carbocycles. The van der Waals surface area contributed by atoms with Crippen molar-refractivity contribution >= 4 is 16.6 Å². The Morgan fingerprint density at radius 2 is 2.07 bits per heavy atom. The van der Waals surface area contributed by atoms with Crippen molar-refractivity contribution in [1.29, 1.82) is 0 Å². The smallest absolute Gasteiger partial charge is 0.258 e. The standard InChI is InChI=1S/C19H19N7O/c1-12-8-9-16-22-23-17(26(16)24-12)11-25-10-4-7-15(25)18-20-14-6-3-2-5-13(14)19(27)21-18/h2-3,5-6,8-9,15H,4,7,10-11H2,1H3,(H,20,21,27). The molecule has 1 aliphatic heterocycles. The molecule has 3 aromatic heterocycles. The molecule has 0 bridgehead atoms. The Labute approximate surface area is 154 Å². The van der Waals surface area contributed by atoms with Crippen LogP contribution in [0, 0.1) is 6.92 Å². The molecule has 27 heavy (non-hydrogen) atoms. The Bertz CT molecular complexity index is 1200. The van der Waals surface area contributed by atoms with Crippen molar-refractivity contribution in [2.75, 3.05) is 6.54 Å². The molecule has 5 rings (SSSR count). The maximum Gasteiger partial charge on any atom is 0.258 e. The molecule has 8 nitrogen and oxygen atoms in total. The molecule has 0 spiro atoms.